The lowest BCUT2D eigenvalue weighted by atomic mass is 9.74. The van der Waals surface area contributed by atoms with Crippen LogP contribution < -0.4 is 5.32 Å². The van der Waals surface area contributed by atoms with Gasteiger partial charge in [-0.05, 0) is 44.8 Å². The summed E-state index contributed by atoms with van der Waals surface area (Å²) >= 11 is 2.03. The van der Waals surface area contributed by atoms with Gasteiger partial charge in [0.2, 0.25) is 0 Å². The Labute approximate surface area is 104 Å². The molecule has 1 saturated heterocycles. The molecule has 94 valence electrons. The Bertz CT molecular complexity index is 218. The fourth-order valence-corrected chi connectivity index (χ4v) is 3.52. The fraction of sp³-hybridized carbons (Fsp3) is 1.00. The largest absolute Gasteiger partial charge is 0.375 e. The molecule has 2 nitrogen and oxygen atoms in total. The van der Waals surface area contributed by atoms with Crippen LogP contribution in [-0.2, 0) is 4.74 Å². The lowest BCUT2D eigenvalue weighted by molar-refractivity contribution is -0.136. The zero-order valence-corrected chi connectivity index (χ0v) is 11.4. The quantitative estimate of drug-likeness (QED) is 0.802. The average Bonchev–Trinajstić information content (AvgIpc) is 2.24. The smallest absolute Gasteiger partial charge is 0.0697 e. The van der Waals surface area contributed by atoms with Crippen LogP contribution in [-0.4, -0.2) is 35.8 Å². The summed E-state index contributed by atoms with van der Waals surface area (Å²) in [7, 11) is 0. The molecule has 0 radical (unpaired) electrons. The molecule has 0 aromatic carbocycles. The first-order valence-electron chi connectivity index (χ1n) is 6.72. The number of thioether (sulfide) groups is 1. The van der Waals surface area contributed by atoms with E-state index in [4.69, 9.17) is 4.74 Å². The minimum atomic E-state index is 0.285. The molecule has 1 saturated carbocycles. The van der Waals surface area contributed by atoms with Crippen LogP contribution in [0.15, 0.2) is 0 Å². The van der Waals surface area contributed by atoms with E-state index in [1.807, 2.05) is 11.8 Å². The molecule has 0 aromatic rings. The molecule has 2 atom stereocenters. The normalized spacial score (nSPS) is 30.0. The summed E-state index contributed by atoms with van der Waals surface area (Å²) in [6.07, 6.45) is 6.40. The summed E-state index contributed by atoms with van der Waals surface area (Å²) in [4.78, 5) is 0. The molecule has 0 bridgehead atoms. The molecule has 2 aliphatic rings. The third-order valence-corrected chi connectivity index (χ3v) is 4.99. The van der Waals surface area contributed by atoms with Gasteiger partial charge >= 0.3 is 0 Å². The standard InChI is InChI=1S/C13H25NOS/c1-3-16-10-11(2)14-12-5-8-15-13(9-12)6-4-7-13/h11-12,14H,3-10H2,1-2H3. The summed E-state index contributed by atoms with van der Waals surface area (Å²) in [6, 6.07) is 1.34. The molecule has 3 heteroatoms. The van der Waals surface area contributed by atoms with E-state index >= 15 is 0 Å². The van der Waals surface area contributed by atoms with Gasteiger partial charge in [-0.1, -0.05) is 6.92 Å². The molecule has 2 fully saturated rings. The summed E-state index contributed by atoms with van der Waals surface area (Å²) in [6.45, 7) is 5.51. The van der Waals surface area contributed by atoms with Crippen molar-refractivity contribution in [1.29, 1.82) is 0 Å². The Balaban J connectivity index is 1.72. The van der Waals surface area contributed by atoms with Gasteiger partial charge in [0.15, 0.2) is 0 Å². The van der Waals surface area contributed by atoms with Crippen molar-refractivity contribution >= 4 is 11.8 Å². The van der Waals surface area contributed by atoms with E-state index in [1.165, 1.54) is 43.6 Å². The Morgan fingerprint density at radius 1 is 1.50 bits per heavy atom. The average molecular weight is 243 g/mol. The van der Waals surface area contributed by atoms with Gasteiger partial charge < -0.3 is 10.1 Å². The van der Waals surface area contributed by atoms with Gasteiger partial charge in [0.1, 0.15) is 0 Å². The minimum absolute atomic E-state index is 0.285. The first kappa shape index (κ1) is 12.7. The summed E-state index contributed by atoms with van der Waals surface area (Å²) in [5, 5.41) is 3.78. The molecule has 0 aromatic heterocycles. The number of rotatable bonds is 5. The maximum absolute atomic E-state index is 5.95. The van der Waals surface area contributed by atoms with E-state index < -0.39 is 0 Å². The van der Waals surface area contributed by atoms with Crippen molar-refractivity contribution < 1.29 is 4.74 Å². The maximum Gasteiger partial charge on any atom is 0.0697 e. The number of nitrogens with one attached hydrogen (secondary N) is 1. The highest BCUT2D eigenvalue weighted by molar-refractivity contribution is 7.99. The van der Waals surface area contributed by atoms with Crippen molar-refractivity contribution in [3.8, 4) is 0 Å². The van der Waals surface area contributed by atoms with E-state index in [0.717, 1.165) is 6.61 Å². The van der Waals surface area contributed by atoms with Crippen molar-refractivity contribution in [2.75, 3.05) is 18.1 Å². The SMILES string of the molecule is CCSCC(C)NC1CCOC2(CCC2)C1. The third kappa shape index (κ3) is 3.14. The van der Waals surface area contributed by atoms with Gasteiger partial charge in [-0.3, -0.25) is 0 Å². The highest BCUT2D eigenvalue weighted by Gasteiger charge is 2.42. The topological polar surface area (TPSA) is 21.3 Å². The predicted octanol–water partition coefficient (Wildman–Crippen LogP) is 2.82. The van der Waals surface area contributed by atoms with E-state index in [1.54, 1.807) is 0 Å². The second-order valence-corrected chi connectivity index (χ2v) is 6.62. The Morgan fingerprint density at radius 2 is 2.31 bits per heavy atom. The van der Waals surface area contributed by atoms with Crippen LogP contribution in [0.1, 0.15) is 46.0 Å². The number of ether oxygens (including phenoxy) is 1. The van der Waals surface area contributed by atoms with Crippen molar-refractivity contribution in [1.82, 2.24) is 5.32 Å². The lowest BCUT2D eigenvalue weighted by Gasteiger charge is -2.47. The van der Waals surface area contributed by atoms with Crippen LogP contribution in [0.3, 0.4) is 0 Å². The van der Waals surface area contributed by atoms with Crippen LogP contribution >= 0.6 is 11.8 Å². The minimum Gasteiger partial charge on any atom is -0.375 e. The van der Waals surface area contributed by atoms with Gasteiger partial charge in [-0.2, -0.15) is 11.8 Å². The number of hydrogen-bond donors (Lipinski definition) is 1. The third-order valence-electron chi connectivity index (χ3n) is 3.85. The highest BCUT2D eigenvalue weighted by Crippen LogP contribution is 2.42. The van der Waals surface area contributed by atoms with Crippen LogP contribution in [0.4, 0.5) is 0 Å². The summed E-state index contributed by atoms with van der Waals surface area (Å²) in [5.41, 5.74) is 0.285. The van der Waals surface area contributed by atoms with Crippen LogP contribution in [0.25, 0.3) is 0 Å². The van der Waals surface area contributed by atoms with Gasteiger partial charge in [0.25, 0.3) is 0 Å². The zero-order valence-electron chi connectivity index (χ0n) is 10.6. The summed E-state index contributed by atoms with van der Waals surface area (Å²) in [5.74, 6) is 2.46. The number of hydrogen-bond acceptors (Lipinski definition) is 3. The van der Waals surface area contributed by atoms with Crippen molar-refractivity contribution in [2.24, 2.45) is 0 Å². The Hall–Kier alpha value is 0.270. The highest BCUT2D eigenvalue weighted by atomic mass is 32.2. The van der Waals surface area contributed by atoms with Gasteiger partial charge in [0, 0.05) is 24.4 Å². The lowest BCUT2D eigenvalue weighted by Crippen LogP contribution is -2.52. The molecule has 1 heterocycles. The van der Waals surface area contributed by atoms with E-state index in [9.17, 15) is 0 Å². The first-order chi connectivity index (χ1) is 7.74. The first-order valence-corrected chi connectivity index (χ1v) is 7.87. The van der Waals surface area contributed by atoms with Crippen LogP contribution in [0, 0.1) is 0 Å². The van der Waals surface area contributed by atoms with Crippen LogP contribution in [0.2, 0.25) is 0 Å². The predicted molar refractivity (Wildman–Crippen MR) is 71.2 cm³/mol. The Morgan fingerprint density at radius 3 is 2.94 bits per heavy atom. The maximum atomic E-state index is 5.95. The van der Waals surface area contributed by atoms with Gasteiger partial charge in [-0.15, -0.1) is 0 Å². The molecular weight excluding hydrogens is 218 g/mol. The molecule has 2 rings (SSSR count). The molecule has 1 N–H and O–H groups in total. The summed E-state index contributed by atoms with van der Waals surface area (Å²) < 4.78 is 5.95. The molecule has 0 amide bonds. The molecular formula is C13H25NOS. The van der Waals surface area contributed by atoms with Gasteiger partial charge in [-0.25, -0.2) is 0 Å². The molecule has 1 aliphatic carbocycles. The van der Waals surface area contributed by atoms with Crippen molar-refractivity contribution in [3.63, 3.8) is 0 Å². The van der Waals surface area contributed by atoms with E-state index in [-0.39, 0.29) is 5.60 Å². The van der Waals surface area contributed by atoms with Gasteiger partial charge in [0.05, 0.1) is 5.60 Å². The molecule has 1 aliphatic heterocycles. The second-order valence-electron chi connectivity index (χ2n) is 5.30. The van der Waals surface area contributed by atoms with Crippen LogP contribution in [0.5, 0.6) is 0 Å². The van der Waals surface area contributed by atoms with E-state index in [2.05, 4.69) is 19.2 Å². The van der Waals surface area contributed by atoms with Crippen molar-refractivity contribution in [3.05, 3.63) is 0 Å². The van der Waals surface area contributed by atoms with Crippen molar-refractivity contribution in [2.45, 2.75) is 63.6 Å². The zero-order chi connectivity index (χ0) is 11.4. The monoisotopic (exact) mass is 243 g/mol. The molecule has 16 heavy (non-hydrogen) atoms. The molecule has 1 spiro atoms. The molecule has 2 unspecified atom stereocenters. The Kier molecular flexibility index (Phi) is 4.57. The second kappa shape index (κ2) is 5.74. The van der Waals surface area contributed by atoms with E-state index in [0.29, 0.717) is 12.1 Å². The fourth-order valence-electron chi connectivity index (χ4n) is 2.83.